The Labute approximate surface area is 138 Å². The van der Waals surface area contributed by atoms with E-state index in [1.54, 1.807) is 4.68 Å². The first-order valence-electron chi connectivity index (χ1n) is 7.83. The van der Waals surface area contributed by atoms with Crippen LogP contribution in [0.1, 0.15) is 42.1 Å². The molecule has 5 nitrogen and oxygen atoms in total. The van der Waals surface area contributed by atoms with Gasteiger partial charge in [0.05, 0.1) is 22.9 Å². The van der Waals surface area contributed by atoms with Gasteiger partial charge in [-0.05, 0) is 37.5 Å². The molecule has 0 unspecified atom stereocenters. The summed E-state index contributed by atoms with van der Waals surface area (Å²) in [6.07, 6.45) is 1.26. The second kappa shape index (κ2) is 6.28. The van der Waals surface area contributed by atoms with Crippen molar-refractivity contribution in [2.75, 3.05) is 5.32 Å². The summed E-state index contributed by atoms with van der Waals surface area (Å²) in [4.78, 5) is 12.1. The topological polar surface area (TPSA) is 64.0 Å². The molecule has 2 aromatic rings. The highest BCUT2D eigenvalue weighted by molar-refractivity contribution is 7.83. The Balaban J connectivity index is 2.10. The van der Waals surface area contributed by atoms with Crippen molar-refractivity contribution in [1.82, 2.24) is 9.78 Å². The number of anilines is 1. The van der Waals surface area contributed by atoms with E-state index < -0.39 is 10.8 Å². The predicted molar refractivity (Wildman–Crippen MR) is 92.1 cm³/mol. The van der Waals surface area contributed by atoms with Crippen LogP contribution in [0.5, 0.6) is 0 Å². The van der Waals surface area contributed by atoms with Crippen LogP contribution in [0.4, 0.5) is 5.82 Å². The van der Waals surface area contributed by atoms with Crippen molar-refractivity contribution in [2.24, 2.45) is 0 Å². The molecule has 1 amide bonds. The number of amides is 1. The van der Waals surface area contributed by atoms with E-state index in [-0.39, 0.29) is 5.91 Å². The van der Waals surface area contributed by atoms with Crippen LogP contribution >= 0.6 is 0 Å². The van der Waals surface area contributed by atoms with E-state index in [9.17, 15) is 9.00 Å². The number of hydrogen-bond donors (Lipinski definition) is 1. The van der Waals surface area contributed by atoms with E-state index in [4.69, 9.17) is 0 Å². The number of carbonyl (C=O) groups excluding carboxylic acids is 1. The Hall–Kier alpha value is -1.95. The van der Waals surface area contributed by atoms with Crippen LogP contribution in [0, 0.1) is 13.8 Å². The predicted octanol–water partition coefficient (Wildman–Crippen LogP) is 2.99. The van der Waals surface area contributed by atoms with Gasteiger partial charge in [-0.2, -0.15) is 5.10 Å². The molecule has 0 radical (unpaired) electrons. The summed E-state index contributed by atoms with van der Waals surface area (Å²) in [6, 6.07) is 6.04. The second-order valence-electron chi connectivity index (χ2n) is 5.93. The van der Waals surface area contributed by atoms with Gasteiger partial charge < -0.3 is 5.32 Å². The van der Waals surface area contributed by atoms with E-state index in [1.807, 2.05) is 26.0 Å². The van der Waals surface area contributed by atoms with E-state index in [2.05, 4.69) is 23.4 Å². The lowest BCUT2D eigenvalue weighted by atomic mass is 10.1. The quantitative estimate of drug-likeness (QED) is 0.937. The number of benzene rings is 1. The maximum atomic E-state index is 12.1. The summed E-state index contributed by atoms with van der Waals surface area (Å²) < 4.78 is 13.6. The molecule has 122 valence electrons. The SMILES string of the molecule is CCCC(=O)Nc1c2c(nn1-c1cccc(C)c1C)C[S@@](=O)C2. The Bertz CT molecular complexity index is 795. The molecule has 0 saturated carbocycles. The van der Waals surface area contributed by atoms with Gasteiger partial charge >= 0.3 is 0 Å². The van der Waals surface area contributed by atoms with Crippen molar-refractivity contribution in [2.45, 2.75) is 45.1 Å². The highest BCUT2D eigenvalue weighted by Gasteiger charge is 2.28. The Morgan fingerprint density at radius 2 is 2.13 bits per heavy atom. The summed E-state index contributed by atoms with van der Waals surface area (Å²) in [5.74, 6) is 1.57. The molecular weight excluding hydrogens is 310 g/mol. The lowest BCUT2D eigenvalue weighted by Gasteiger charge is -2.14. The third-order valence-electron chi connectivity index (χ3n) is 4.21. The molecule has 1 aliphatic rings. The van der Waals surface area contributed by atoms with Gasteiger partial charge in [0.15, 0.2) is 0 Å². The number of hydrogen-bond acceptors (Lipinski definition) is 3. The van der Waals surface area contributed by atoms with Crippen LogP contribution < -0.4 is 5.32 Å². The van der Waals surface area contributed by atoms with Crippen LogP contribution in [0.2, 0.25) is 0 Å². The van der Waals surface area contributed by atoms with Gasteiger partial charge in [0.25, 0.3) is 0 Å². The van der Waals surface area contributed by atoms with E-state index >= 15 is 0 Å². The summed E-state index contributed by atoms with van der Waals surface area (Å²) in [5.41, 5.74) is 5.00. The van der Waals surface area contributed by atoms with Gasteiger partial charge in [0, 0.05) is 22.8 Å². The third-order valence-corrected chi connectivity index (χ3v) is 5.41. The fraction of sp³-hybridized carbons (Fsp3) is 0.412. The summed E-state index contributed by atoms with van der Waals surface area (Å²) in [5, 5.41) is 7.62. The number of fused-ring (bicyclic) bond motifs is 1. The van der Waals surface area contributed by atoms with E-state index in [1.165, 1.54) is 5.56 Å². The molecular formula is C17H21N3O2S. The molecule has 0 saturated heterocycles. The van der Waals surface area contributed by atoms with Gasteiger partial charge in [-0.25, -0.2) is 4.68 Å². The molecule has 2 heterocycles. The zero-order valence-corrected chi connectivity index (χ0v) is 14.5. The van der Waals surface area contributed by atoms with Crippen LogP contribution in [0.3, 0.4) is 0 Å². The summed E-state index contributed by atoms with van der Waals surface area (Å²) in [7, 11) is -0.919. The Morgan fingerprint density at radius 1 is 1.35 bits per heavy atom. The number of nitrogens with zero attached hydrogens (tertiary/aromatic N) is 2. The Morgan fingerprint density at radius 3 is 2.87 bits per heavy atom. The van der Waals surface area contributed by atoms with Gasteiger partial charge in [-0.1, -0.05) is 19.1 Å². The fourth-order valence-corrected chi connectivity index (χ4v) is 4.08. The van der Waals surface area contributed by atoms with Gasteiger partial charge in [0.1, 0.15) is 5.82 Å². The van der Waals surface area contributed by atoms with Crippen LogP contribution in [0.25, 0.3) is 5.69 Å². The van der Waals surface area contributed by atoms with Crippen molar-refractivity contribution in [1.29, 1.82) is 0 Å². The standard InChI is InChI=1S/C17H21N3O2S/c1-4-6-16(21)18-17-13-9-23(22)10-14(13)19-20(17)15-8-5-7-11(2)12(15)3/h5,7-8H,4,6,9-10H2,1-3H3,(H,18,21)/t23-/m0/s1. The minimum Gasteiger partial charge on any atom is -0.310 e. The molecule has 0 spiro atoms. The van der Waals surface area contributed by atoms with E-state index in [0.29, 0.717) is 23.7 Å². The Kier molecular flexibility index (Phi) is 4.35. The summed E-state index contributed by atoms with van der Waals surface area (Å²) >= 11 is 0. The molecule has 1 N–H and O–H groups in total. The van der Waals surface area contributed by atoms with Gasteiger partial charge in [-0.3, -0.25) is 9.00 Å². The third kappa shape index (κ3) is 2.95. The molecule has 0 bridgehead atoms. The second-order valence-corrected chi connectivity index (χ2v) is 7.39. The molecule has 1 aromatic heterocycles. The molecule has 3 rings (SSSR count). The number of nitrogens with one attached hydrogen (secondary N) is 1. The number of carbonyl (C=O) groups is 1. The lowest BCUT2D eigenvalue weighted by molar-refractivity contribution is -0.116. The first-order valence-corrected chi connectivity index (χ1v) is 9.32. The molecule has 6 heteroatoms. The zero-order valence-electron chi connectivity index (χ0n) is 13.7. The molecule has 23 heavy (non-hydrogen) atoms. The average Bonchev–Trinajstić information content (AvgIpc) is 3.00. The van der Waals surface area contributed by atoms with Crippen LogP contribution in [-0.4, -0.2) is 19.9 Å². The minimum atomic E-state index is -0.919. The van der Waals surface area contributed by atoms with Crippen molar-refractivity contribution in [3.63, 3.8) is 0 Å². The molecule has 0 aliphatic carbocycles. The zero-order chi connectivity index (χ0) is 16.6. The maximum Gasteiger partial charge on any atom is 0.225 e. The first-order chi connectivity index (χ1) is 11.0. The van der Waals surface area contributed by atoms with Crippen LogP contribution in [-0.2, 0) is 27.1 Å². The van der Waals surface area contributed by atoms with E-state index in [0.717, 1.165) is 28.9 Å². The minimum absolute atomic E-state index is 0.0283. The van der Waals surface area contributed by atoms with Crippen LogP contribution in [0.15, 0.2) is 18.2 Å². The number of rotatable bonds is 4. The lowest BCUT2D eigenvalue weighted by Crippen LogP contribution is -2.16. The van der Waals surface area contributed by atoms with Crippen molar-refractivity contribution in [3.8, 4) is 5.69 Å². The smallest absolute Gasteiger partial charge is 0.225 e. The highest BCUT2D eigenvalue weighted by atomic mass is 32.2. The van der Waals surface area contributed by atoms with Gasteiger partial charge in [0.2, 0.25) is 5.91 Å². The first kappa shape index (κ1) is 15.9. The largest absolute Gasteiger partial charge is 0.310 e. The highest BCUT2D eigenvalue weighted by Crippen LogP contribution is 2.32. The fourth-order valence-electron chi connectivity index (χ4n) is 2.82. The molecule has 1 aliphatic heterocycles. The van der Waals surface area contributed by atoms with Gasteiger partial charge in [-0.15, -0.1) is 0 Å². The number of aryl methyl sites for hydroxylation is 1. The monoisotopic (exact) mass is 331 g/mol. The van der Waals surface area contributed by atoms with Crippen molar-refractivity contribution >= 4 is 22.5 Å². The number of aromatic nitrogens is 2. The summed E-state index contributed by atoms with van der Waals surface area (Å²) in [6.45, 7) is 6.08. The van der Waals surface area contributed by atoms with Crippen molar-refractivity contribution < 1.29 is 9.00 Å². The maximum absolute atomic E-state index is 12.1. The molecule has 1 atom stereocenters. The molecule has 0 fully saturated rings. The average molecular weight is 331 g/mol. The van der Waals surface area contributed by atoms with Crippen molar-refractivity contribution in [3.05, 3.63) is 40.6 Å². The normalized spacial score (nSPS) is 16.4. The molecule has 1 aromatic carbocycles.